The number of carboxylic acids is 1. The van der Waals surface area contributed by atoms with Crippen LogP contribution in [-0.2, 0) is 6.42 Å². The standard InChI is InChI=1S/C8H11N3O2.ClH/c1-4-2-3-5-6(8(12)13)10-11-7(5)9-4;/h4H,2-3H2,1H3,(H,12,13)(H2,9,10,11);1H. The van der Waals surface area contributed by atoms with Crippen LogP contribution >= 0.6 is 12.4 Å². The van der Waals surface area contributed by atoms with E-state index >= 15 is 0 Å². The van der Waals surface area contributed by atoms with Crippen molar-refractivity contribution in [2.45, 2.75) is 25.8 Å². The first kappa shape index (κ1) is 10.8. The molecular formula is C8H12ClN3O2. The Balaban J connectivity index is 0.000000980. The molecule has 0 fully saturated rings. The minimum atomic E-state index is -0.940. The number of carbonyl (C=O) groups is 1. The largest absolute Gasteiger partial charge is 0.477 e. The molecule has 5 nitrogen and oxygen atoms in total. The fourth-order valence-electron chi connectivity index (χ4n) is 1.57. The summed E-state index contributed by atoms with van der Waals surface area (Å²) < 4.78 is 0. The van der Waals surface area contributed by atoms with Crippen LogP contribution in [0.4, 0.5) is 5.82 Å². The third-order valence-corrected chi connectivity index (χ3v) is 2.29. The van der Waals surface area contributed by atoms with Gasteiger partial charge < -0.3 is 10.4 Å². The molecule has 0 amide bonds. The lowest BCUT2D eigenvalue weighted by Gasteiger charge is -2.19. The van der Waals surface area contributed by atoms with E-state index in [1.165, 1.54) is 0 Å². The second-order valence-corrected chi connectivity index (χ2v) is 3.31. The van der Waals surface area contributed by atoms with Crippen LogP contribution in [0.5, 0.6) is 0 Å². The van der Waals surface area contributed by atoms with Crippen molar-refractivity contribution in [3.63, 3.8) is 0 Å². The third-order valence-electron chi connectivity index (χ3n) is 2.29. The number of rotatable bonds is 1. The Labute approximate surface area is 87.3 Å². The van der Waals surface area contributed by atoms with E-state index in [2.05, 4.69) is 22.4 Å². The second-order valence-electron chi connectivity index (χ2n) is 3.31. The first-order valence-electron chi connectivity index (χ1n) is 4.25. The predicted octanol–water partition coefficient (Wildman–Crippen LogP) is 1.28. The van der Waals surface area contributed by atoms with Gasteiger partial charge in [-0.05, 0) is 19.8 Å². The van der Waals surface area contributed by atoms with E-state index in [1.54, 1.807) is 0 Å². The number of aromatic amines is 1. The van der Waals surface area contributed by atoms with Crippen LogP contribution in [0, 0.1) is 0 Å². The smallest absolute Gasteiger partial charge is 0.354 e. The molecule has 1 unspecified atom stereocenters. The molecule has 2 heterocycles. The number of hydrogen-bond acceptors (Lipinski definition) is 3. The molecule has 1 aromatic rings. The molecule has 0 bridgehead atoms. The maximum atomic E-state index is 10.7. The predicted molar refractivity (Wildman–Crippen MR) is 54.2 cm³/mol. The number of nitrogens with one attached hydrogen (secondary N) is 2. The summed E-state index contributed by atoms with van der Waals surface area (Å²) in [5.41, 5.74) is 1.01. The summed E-state index contributed by atoms with van der Waals surface area (Å²) in [6.45, 7) is 2.05. The summed E-state index contributed by atoms with van der Waals surface area (Å²) in [5.74, 6) is -0.249. The molecule has 0 aliphatic carbocycles. The van der Waals surface area contributed by atoms with E-state index < -0.39 is 5.97 Å². The number of halogens is 1. The molecule has 78 valence electrons. The van der Waals surface area contributed by atoms with Gasteiger partial charge in [-0.3, -0.25) is 5.10 Å². The Morgan fingerprint density at radius 3 is 3.00 bits per heavy atom. The van der Waals surface area contributed by atoms with Crippen molar-refractivity contribution in [1.82, 2.24) is 10.2 Å². The molecule has 6 heteroatoms. The number of fused-ring (bicyclic) bond motifs is 1. The number of aromatic carboxylic acids is 1. The minimum absolute atomic E-state index is 0. The summed E-state index contributed by atoms with van der Waals surface area (Å²) in [4.78, 5) is 10.7. The van der Waals surface area contributed by atoms with Gasteiger partial charge in [0.15, 0.2) is 5.82 Å². The molecule has 1 atom stereocenters. The number of carboxylic acid groups (broad SMARTS) is 1. The monoisotopic (exact) mass is 217 g/mol. The van der Waals surface area contributed by atoms with Crippen molar-refractivity contribution >= 4 is 24.2 Å². The lowest BCUT2D eigenvalue weighted by molar-refractivity contribution is 0.0689. The molecule has 14 heavy (non-hydrogen) atoms. The number of nitrogens with zero attached hydrogens (tertiary/aromatic N) is 1. The van der Waals surface area contributed by atoms with Gasteiger partial charge in [0, 0.05) is 11.6 Å². The molecule has 2 rings (SSSR count). The van der Waals surface area contributed by atoms with Gasteiger partial charge in [0.25, 0.3) is 0 Å². The van der Waals surface area contributed by atoms with Crippen molar-refractivity contribution in [3.8, 4) is 0 Å². The molecule has 0 aromatic carbocycles. The van der Waals surface area contributed by atoms with Crippen LogP contribution in [0.1, 0.15) is 29.4 Å². The SMILES string of the molecule is CC1CCc2c(n[nH]c2C(=O)O)N1.Cl. The summed E-state index contributed by atoms with van der Waals surface area (Å²) >= 11 is 0. The number of anilines is 1. The normalized spacial score (nSPS) is 19.1. The first-order valence-corrected chi connectivity index (χ1v) is 4.25. The van der Waals surface area contributed by atoms with Crippen molar-refractivity contribution < 1.29 is 9.90 Å². The van der Waals surface area contributed by atoms with Gasteiger partial charge in [-0.25, -0.2) is 4.79 Å². The molecular weight excluding hydrogens is 206 g/mol. The number of aromatic nitrogens is 2. The van der Waals surface area contributed by atoms with E-state index in [4.69, 9.17) is 5.11 Å². The zero-order valence-electron chi connectivity index (χ0n) is 7.70. The highest BCUT2D eigenvalue weighted by Crippen LogP contribution is 2.24. The molecule has 1 aliphatic rings. The fraction of sp³-hybridized carbons (Fsp3) is 0.500. The average molecular weight is 218 g/mol. The van der Waals surface area contributed by atoms with Crippen LogP contribution in [0.15, 0.2) is 0 Å². The highest BCUT2D eigenvalue weighted by molar-refractivity contribution is 5.89. The fourth-order valence-corrected chi connectivity index (χ4v) is 1.57. The van der Waals surface area contributed by atoms with E-state index in [0.29, 0.717) is 11.9 Å². The number of H-pyrrole nitrogens is 1. The Kier molecular flexibility index (Phi) is 3.00. The maximum Gasteiger partial charge on any atom is 0.354 e. The van der Waals surface area contributed by atoms with Crippen molar-refractivity contribution in [1.29, 1.82) is 0 Å². The topological polar surface area (TPSA) is 78.0 Å². The molecule has 1 aliphatic heterocycles. The van der Waals surface area contributed by atoms with Gasteiger partial charge in [-0.2, -0.15) is 5.10 Å². The lowest BCUT2D eigenvalue weighted by Crippen LogP contribution is -2.22. The Morgan fingerprint density at radius 2 is 2.36 bits per heavy atom. The van der Waals surface area contributed by atoms with Gasteiger partial charge in [-0.1, -0.05) is 0 Å². The third kappa shape index (κ3) is 1.68. The molecule has 0 spiro atoms. The Hall–Kier alpha value is -1.23. The van der Waals surface area contributed by atoms with Crippen molar-refractivity contribution in [3.05, 3.63) is 11.3 Å². The summed E-state index contributed by atoms with van der Waals surface area (Å²) in [7, 11) is 0. The summed E-state index contributed by atoms with van der Waals surface area (Å²) in [5, 5.41) is 18.4. The lowest BCUT2D eigenvalue weighted by atomic mass is 10.0. The van der Waals surface area contributed by atoms with Crippen LogP contribution in [0.25, 0.3) is 0 Å². The van der Waals surface area contributed by atoms with Crippen molar-refractivity contribution in [2.24, 2.45) is 0 Å². The summed E-state index contributed by atoms with van der Waals surface area (Å²) in [6.07, 6.45) is 1.73. The van der Waals surface area contributed by atoms with Gasteiger partial charge in [0.2, 0.25) is 0 Å². The van der Waals surface area contributed by atoms with Crippen LogP contribution < -0.4 is 5.32 Å². The maximum absolute atomic E-state index is 10.7. The van der Waals surface area contributed by atoms with E-state index in [-0.39, 0.29) is 18.1 Å². The molecule has 3 N–H and O–H groups in total. The second kappa shape index (κ2) is 3.88. The Bertz CT molecular complexity index is 350. The van der Waals surface area contributed by atoms with Gasteiger partial charge in [-0.15, -0.1) is 12.4 Å². The summed E-state index contributed by atoms with van der Waals surface area (Å²) in [6, 6.07) is 0.373. The molecule has 1 aromatic heterocycles. The zero-order valence-corrected chi connectivity index (χ0v) is 8.52. The van der Waals surface area contributed by atoms with Crippen LogP contribution in [-0.4, -0.2) is 27.3 Å². The average Bonchev–Trinajstić information content (AvgIpc) is 2.46. The highest BCUT2D eigenvalue weighted by atomic mass is 35.5. The first-order chi connectivity index (χ1) is 6.18. The molecule has 0 saturated heterocycles. The van der Waals surface area contributed by atoms with Crippen molar-refractivity contribution in [2.75, 3.05) is 5.32 Å². The highest BCUT2D eigenvalue weighted by Gasteiger charge is 2.23. The minimum Gasteiger partial charge on any atom is -0.477 e. The van der Waals surface area contributed by atoms with E-state index in [0.717, 1.165) is 18.4 Å². The van der Waals surface area contributed by atoms with Gasteiger partial charge in [0.1, 0.15) is 5.69 Å². The zero-order chi connectivity index (χ0) is 9.42. The molecule has 0 radical (unpaired) electrons. The number of hydrogen-bond donors (Lipinski definition) is 3. The van der Waals surface area contributed by atoms with Gasteiger partial charge >= 0.3 is 5.97 Å². The molecule has 0 saturated carbocycles. The quantitative estimate of drug-likeness (QED) is 0.662. The van der Waals surface area contributed by atoms with Gasteiger partial charge in [0.05, 0.1) is 0 Å². The van der Waals surface area contributed by atoms with Crippen LogP contribution in [0.2, 0.25) is 0 Å². The van der Waals surface area contributed by atoms with E-state index in [9.17, 15) is 4.79 Å². The van der Waals surface area contributed by atoms with Crippen LogP contribution in [0.3, 0.4) is 0 Å². The Morgan fingerprint density at radius 1 is 1.64 bits per heavy atom. The van der Waals surface area contributed by atoms with E-state index in [1.807, 2.05) is 0 Å².